The van der Waals surface area contributed by atoms with Crippen molar-refractivity contribution in [1.29, 1.82) is 0 Å². The molecule has 0 saturated carbocycles. The second-order valence-corrected chi connectivity index (χ2v) is 3.50. The Kier molecular flexibility index (Phi) is 1.86. The average Bonchev–Trinajstić information content (AvgIpc) is 2.52. The highest BCUT2D eigenvalue weighted by atomic mass is 35.5. The maximum atomic E-state index is 5.90. The molecular weight excluding hydrogens is 194 g/mol. The molecule has 2 aromatic rings. The number of fused-ring (bicyclic) bond motifs is 1. The number of hydrogen-bond donors (Lipinski definition) is 1. The van der Waals surface area contributed by atoms with Gasteiger partial charge in [0.2, 0.25) is 5.95 Å². The van der Waals surface area contributed by atoms with Crippen LogP contribution in [0.1, 0.15) is 0 Å². The topological polar surface area (TPSA) is 37.8 Å². The molecule has 62 valence electrons. The zero-order chi connectivity index (χ0) is 8.55. The number of anilines is 1. The van der Waals surface area contributed by atoms with E-state index >= 15 is 0 Å². The van der Waals surface area contributed by atoms with Crippen LogP contribution >= 0.6 is 22.9 Å². The van der Waals surface area contributed by atoms with Gasteiger partial charge < -0.3 is 5.32 Å². The molecule has 0 aliphatic heterocycles. The minimum absolute atomic E-state index is 0.513. The Labute approximate surface area is 78.4 Å². The van der Waals surface area contributed by atoms with Gasteiger partial charge in [0, 0.05) is 7.05 Å². The lowest BCUT2D eigenvalue weighted by atomic mass is 10.5. The summed E-state index contributed by atoms with van der Waals surface area (Å²) < 4.78 is 0.940. The fourth-order valence-electron chi connectivity index (χ4n) is 0.940. The van der Waals surface area contributed by atoms with Crippen molar-refractivity contribution < 1.29 is 0 Å². The van der Waals surface area contributed by atoms with Crippen LogP contribution in [0.25, 0.3) is 10.2 Å². The summed E-state index contributed by atoms with van der Waals surface area (Å²) in [6, 6.07) is 1.92. The van der Waals surface area contributed by atoms with Crippen LogP contribution in [0.4, 0.5) is 5.95 Å². The van der Waals surface area contributed by atoms with E-state index in [1.807, 2.05) is 11.4 Å². The molecule has 0 spiro atoms. The summed E-state index contributed by atoms with van der Waals surface area (Å²) in [6.07, 6.45) is 0. The van der Waals surface area contributed by atoms with Gasteiger partial charge in [-0.1, -0.05) is 11.6 Å². The molecule has 2 heterocycles. The second-order valence-electron chi connectivity index (χ2n) is 2.22. The zero-order valence-corrected chi connectivity index (χ0v) is 7.91. The van der Waals surface area contributed by atoms with Crippen molar-refractivity contribution in [3.05, 3.63) is 16.6 Å². The van der Waals surface area contributed by atoms with Gasteiger partial charge in [0.15, 0.2) is 5.15 Å². The molecule has 0 aromatic carbocycles. The Morgan fingerprint density at radius 3 is 3.08 bits per heavy atom. The minimum Gasteiger partial charge on any atom is -0.357 e. The van der Waals surface area contributed by atoms with Crippen molar-refractivity contribution >= 4 is 39.1 Å². The minimum atomic E-state index is 0.513. The monoisotopic (exact) mass is 199 g/mol. The lowest BCUT2D eigenvalue weighted by Crippen LogP contribution is -1.95. The summed E-state index contributed by atoms with van der Waals surface area (Å²) in [7, 11) is 1.77. The number of nitrogens with one attached hydrogen (secondary N) is 1. The Hall–Kier alpha value is -0.870. The lowest BCUT2D eigenvalue weighted by molar-refractivity contribution is 1.20. The quantitative estimate of drug-likeness (QED) is 0.717. The van der Waals surface area contributed by atoms with Crippen molar-refractivity contribution in [3.63, 3.8) is 0 Å². The molecule has 0 saturated heterocycles. The van der Waals surface area contributed by atoms with E-state index in [-0.39, 0.29) is 0 Å². The van der Waals surface area contributed by atoms with Crippen LogP contribution < -0.4 is 5.32 Å². The van der Waals surface area contributed by atoms with Crippen LogP contribution in [0.2, 0.25) is 5.15 Å². The van der Waals surface area contributed by atoms with Crippen LogP contribution in [0.15, 0.2) is 11.4 Å². The molecule has 0 fully saturated rings. The van der Waals surface area contributed by atoms with E-state index in [1.54, 1.807) is 18.4 Å². The summed E-state index contributed by atoms with van der Waals surface area (Å²) in [5.41, 5.74) is 0.893. The lowest BCUT2D eigenvalue weighted by Gasteiger charge is -1.98. The summed E-state index contributed by atoms with van der Waals surface area (Å²) >= 11 is 7.45. The second kappa shape index (κ2) is 2.88. The molecule has 12 heavy (non-hydrogen) atoms. The Balaban J connectivity index is 2.75. The molecular formula is C7H6ClN3S. The largest absolute Gasteiger partial charge is 0.357 e. The Bertz CT molecular complexity index is 412. The molecule has 1 N–H and O–H groups in total. The highest BCUT2D eigenvalue weighted by Crippen LogP contribution is 2.26. The molecule has 0 unspecified atom stereocenters. The van der Waals surface area contributed by atoms with Crippen LogP contribution in [-0.2, 0) is 0 Å². The van der Waals surface area contributed by atoms with Crippen molar-refractivity contribution in [3.8, 4) is 0 Å². The molecule has 0 atom stereocenters. The molecule has 2 aromatic heterocycles. The van der Waals surface area contributed by atoms with Crippen LogP contribution in [0.5, 0.6) is 0 Å². The number of nitrogens with zero attached hydrogens (tertiary/aromatic N) is 2. The van der Waals surface area contributed by atoms with Crippen molar-refractivity contribution in [1.82, 2.24) is 9.97 Å². The third kappa shape index (κ3) is 1.13. The van der Waals surface area contributed by atoms with Crippen LogP contribution in [0.3, 0.4) is 0 Å². The Morgan fingerprint density at radius 2 is 2.33 bits per heavy atom. The van der Waals surface area contributed by atoms with E-state index in [1.165, 1.54) is 0 Å². The third-order valence-electron chi connectivity index (χ3n) is 1.49. The van der Waals surface area contributed by atoms with E-state index in [9.17, 15) is 0 Å². The summed E-state index contributed by atoms with van der Waals surface area (Å²) in [5.74, 6) is 0.561. The first-order valence-corrected chi connectivity index (χ1v) is 4.65. The number of hydrogen-bond acceptors (Lipinski definition) is 4. The smallest absolute Gasteiger partial charge is 0.224 e. The van der Waals surface area contributed by atoms with E-state index in [4.69, 9.17) is 11.6 Å². The van der Waals surface area contributed by atoms with Crippen LogP contribution in [-0.4, -0.2) is 17.0 Å². The predicted molar refractivity (Wildman–Crippen MR) is 52.0 cm³/mol. The van der Waals surface area contributed by atoms with Crippen molar-refractivity contribution in [2.75, 3.05) is 12.4 Å². The van der Waals surface area contributed by atoms with Gasteiger partial charge in [-0.05, 0) is 11.4 Å². The maximum absolute atomic E-state index is 5.90. The predicted octanol–water partition coefficient (Wildman–Crippen LogP) is 2.39. The third-order valence-corrected chi connectivity index (χ3v) is 2.78. The zero-order valence-electron chi connectivity index (χ0n) is 6.34. The molecule has 0 bridgehead atoms. The number of halogens is 1. The van der Waals surface area contributed by atoms with Gasteiger partial charge in [-0.25, -0.2) is 4.98 Å². The molecule has 3 nitrogen and oxygen atoms in total. The Morgan fingerprint density at radius 1 is 1.50 bits per heavy atom. The van der Waals surface area contributed by atoms with Gasteiger partial charge in [0.1, 0.15) is 0 Å². The first kappa shape index (κ1) is 7.76. The van der Waals surface area contributed by atoms with Gasteiger partial charge in [-0.3, -0.25) is 0 Å². The molecule has 0 radical (unpaired) electrons. The normalized spacial score (nSPS) is 10.5. The van der Waals surface area contributed by atoms with Gasteiger partial charge in [-0.2, -0.15) is 4.98 Å². The van der Waals surface area contributed by atoms with Gasteiger partial charge in [0.05, 0.1) is 10.2 Å². The number of thiophene rings is 1. The number of rotatable bonds is 1. The first-order valence-electron chi connectivity index (χ1n) is 3.40. The summed E-state index contributed by atoms with van der Waals surface area (Å²) in [4.78, 5) is 8.26. The molecule has 0 amide bonds. The number of aromatic nitrogens is 2. The fourth-order valence-corrected chi connectivity index (χ4v) is 1.96. The molecule has 5 heteroatoms. The molecule has 0 aliphatic carbocycles. The molecule has 0 aliphatic rings. The van der Waals surface area contributed by atoms with Crippen molar-refractivity contribution in [2.24, 2.45) is 0 Å². The summed E-state index contributed by atoms with van der Waals surface area (Å²) in [6.45, 7) is 0. The van der Waals surface area contributed by atoms with E-state index < -0.39 is 0 Å². The van der Waals surface area contributed by atoms with E-state index in [0.29, 0.717) is 11.1 Å². The van der Waals surface area contributed by atoms with Gasteiger partial charge >= 0.3 is 0 Å². The first-order chi connectivity index (χ1) is 5.81. The standard InChI is InChI=1S/C7H6ClN3S/c1-9-7-10-4-2-3-12-5(4)6(8)11-7/h2-3H,1H3,(H,9,10,11). The van der Waals surface area contributed by atoms with Crippen LogP contribution in [0, 0.1) is 0 Å². The van der Waals surface area contributed by atoms with Gasteiger partial charge in [-0.15, -0.1) is 11.3 Å². The van der Waals surface area contributed by atoms with Gasteiger partial charge in [0.25, 0.3) is 0 Å². The highest BCUT2D eigenvalue weighted by molar-refractivity contribution is 7.17. The molecule has 2 rings (SSSR count). The average molecular weight is 200 g/mol. The van der Waals surface area contributed by atoms with Crippen molar-refractivity contribution in [2.45, 2.75) is 0 Å². The fraction of sp³-hybridized carbons (Fsp3) is 0.143. The van der Waals surface area contributed by atoms with E-state index in [0.717, 1.165) is 10.2 Å². The maximum Gasteiger partial charge on any atom is 0.224 e. The highest BCUT2D eigenvalue weighted by Gasteiger charge is 2.04. The van der Waals surface area contributed by atoms with E-state index in [2.05, 4.69) is 15.3 Å². The SMILES string of the molecule is CNc1nc(Cl)c2sccc2n1. The summed E-state index contributed by atoms with van der Waals surface area (Å²) in [5, 5.41) is 5.31.